The number of rotatable bonds is 1. The quantitative estimate of drug-likeness (QED) is 0.694. The van der Waals surface area contributed by atoms with Crippen LogP contribution < -0.4 is 4.90 Å². The van der Waals surface area contributed by atoms with Gasteiger partial charge in [-0.05, 0) is 0 Å². The van der Waals surface area contributed by atoms with E-state index in [0.29, 0.717) is 0 Å². The Bertz CT molecular complexity index is 488. The maximum Gasteiger partial charge on any atom is 0.470 e. The molecule has 5 nitrogen and oxygen atoms in total. The molecule has 0 aromatic carbocycles. The summed E-state index contributed by atoms with van der Waals surface area (Å²) in [5.74, 6) is 0.105. The molecule has 0 aliphatic carbocycles. The zero-order valence-electron chi connectivity index (χ0n) is 8.36. The molecule has 1 aromatic heterocycles. The summed E-state index contributed by atoms with van der Waals surface area (Å²) in [6.07, 6.45) is 0.482. The fourth-order valence-corrected chi connectivity index (χ4v) is 1.44. The molecular formula is C9H6F3N3O2. The number of terminal acetylenes is 1. The van der Waals surface area contributed by atoms with Gasteiger partial charge in [-0.25, -0.2) is 0 Å². The molecular weight excluding hydrogens is 239 g/mol. The van der Waals surface area contributed by atoms with Crippen LogP contribution in [0.5, 0.6) is 0 Å². The van der Waals surface area contributed by atoms with Crippen molar-refractivity contribution in [2.75, 3.05) is 11.4 Å². The van der Waals surface area contributed by atoms with Crippen LogP contribution in [0.1, 0.15) is 12.3 Å². The molecule has 1 unspecified atom stereocenters. The lowest BCUT2D eigenvalue weighted by Crippen LogP contribution is -2.24. The zero-order valence-corrected chi connectivity index (χ0v) is 8.36. The largest absolute Gasteiger partial charge is 0.470 e. The van der Waals surface area contributed by atoms with E-state index < -0.39 is 24.0 Å². The molecule has 0 bridgehead atoms. The summed E-state index contributed by atoms with van der Waals surface area (Å²) >= 11 is 0. The molecule has 8 heteroatoms. The van der Waals surface area contributed by atoms with E-state index in [2.05, 4.69) is 20.5 Å². The van der Waals surface area contributed by atoms with Gasteiger partial charge in [0.15, 0.2) is 0 Å². The van der Waals surface area contributed by atoms with E-state index in [1.54, 1.807) is 0 Å². The van der Waals surface area contributed by atoms with Crippen LogP contribution >= 0.6 is 0 Å². The molecule has 0 N–H and O–H groups in total. The van der Waals surface area contributed by atoms with Gasteiger partial charge in [-0.3, -0.25) is 9.69 Å². The SMILES string of the molecule is C#CC1CC(=O)N(c2nnc(C(F)(F)F)o2)C1. The smallest absolute Gasteiger partial charge is 0.399 e. The molecule has 1 amide bonds. The van der Waals surface area contributed by atoms with Crippen molar-refractivity contribution in [3.05, 3.63) is 5.89 Å². The van der Waals surface area contributed by atoms with Gasteiger partial charge in [0, 0.05) is 18.9 Å². The Morgan fingerprint density at radius 1 is 1.47 bits per heavy atom. The lowest BCUT2D eigenvalue weighted by atomic mass is 10.1. The first-order valence-corrected chi connectivity index (χ1v) is 4.59. The molecule has 0 spiro atoms. The molecule has 0 radical (unpaired) electrons. The number of aromatic nitrogens is 2. The lowest BCUT2D eigenvalue weighted by Gasteiger charge is -2.08. The highest BCUT2D eigenvalue weighted by Crippen LogP contribution is 2.31. The van der Waals surface area contributed by atoms with Gasteiger partial charge in [0.1, 0.15) is 0 Å². The van der Waals surface area contributed by atoms with Crippen LogP contribution in [0.15, 0.2) is 4.42 Å². The van der Waals surface area contributed by atoms with E-state index in [-0.39, 0.29) is 18.9 Å². The second kappa shape index (κ2) is 3.76. The Morgan fingerprint density at radius 2 is 2.18 bits per heavy atom. The monoisotopic (exact) mass is 245 g/mol. The minimum absolute atomic E-state index is 0.0697. The first-order valence-electron chi connectivity index (χ1n) is 4.59. The third kappa shape index (κ3) is 2.08. The number of carbonyl (C=O) groups excluding carboxylic acids is 1. The second-order valence-corrected chi connectivity index (χ2v) is 3.46. The van der Waals surface area contributed by atoms with E-state index in [9.17, 15) is 18.0 Å². The van der Waals surface area contributed by atoms with Gasteiger partial charge in [-0.2, -0.15) is 13.2 Å². The van der Waals surface area contributed by atoms with Crippen molar-refractivity contribution < 1.29 is 22.4 Å². The average molecular weight is 245 g/mol. The van der Waals surface area contributed by atoms with E-state index in [1.165, 1.54) is 0 Å². The summed E-state index contributed by atoms with van der Waals surface area (Å²) in [6, 6.07) is -0.472. The maximum absolute atomic E-state index is 12.2. The van der Waals surface area contributed by atoms with Crippen molar-refractivity contribution in [1.29, 1.82) is 0 Å². The average Bonchev–Trinajstić information content (AvgIpc) is 2.82. The first kappa shape index (κ1) is 11.4. The topological polar surface area (TPSA) is 59.2 Å². The maximum atomic E-state index is 12.2. The molecule has 1 aliphatic rings. The van der Waals surface area contributed by atoms with Gasteiger partial charge >= 0.3 is 18.1 Å². The molecule has 1 atom stereocenters. The minimum Gasteiger partial charge on any atom is -0.399 e. The van der Waals surface area contributed by atoms with Gasteiger partial charge in [0.25, 0.3) is 0 Å². The number of hydrogen-bond acceptors (Lipinski definition) is 4. The normalized spacial score (nSPS) is 20.7. The van der Waals surface area contributed by atoms with Crippen LogP contribution in [0.2, 0.25) is 0 Å². The van der Waals surface area contributed by atoms with E-state index in [1.807, 2.05) is 0 Å². The van der Waals surface area contributed by atoms with E-state index in [4.69, 9.17) is 6.42 Å². The Balaban J connectivity index is 2.22. The third-order valence-corrected chi connectivity index (χ3v) is 2.25. The standard InChI is InChI=1S/C9H6F3N3O2/c1-2-5-3-6(16)15(4-5)8-14-13-7(17-8)9(10,11)12/h1,5H,3-4H2. The van der Waals surface area contributed by atoms with Gasteiger partial charge in [0.2, 0.25) is 5.91 Å². The molecule has 90 valence electrons. The number of nitrogens with zero attached hydrogens (tertiary/aromatic N) is 3. The summed E-state index contributed by atoms with van der Waals surface area (Å²) in [6.45, 7) is 0.0921. The molecule has 17 heavy (non-hydrogen) atoms. The molecule has 1 fully saturated rings. The van der Waals surface area contributed by atoms with Crippen LogP contribution in [0.3, 0.4) is 0 Å². The van der Waals surface area contributed by atoms with Crippen LogP contribution in [0, 0.1) is 18.3 Å². The van der Waals surface area contributed by atoms with Crippen molar-refractivity contribution >= 4 is 11.9 Å². The second-order valence-electron chi connectivity index (χ2n) is 3.46. The third-order valence-electron chi connectivity index (χ3n) is 2.25. The number of anilines is 1. The van der Waals surface area contributed by atoms with Crippen molar-refractivity contribution in [1.82, 2.24) is 10.2 Å². The number of halogens is 3. The number of amides is 1. The van der Waals surface area contributed by atoms with E-state index >= 15 is 0 Å². The number of alkyl halides is 3. The van der Waals surface area contributed by atoms with Crippen LogP contribution in [-0.2, 0) is 11.0 Å². The Kier molecular flexibility index (Phi) is 2.53. The Morgan fingerprint density at radius 3 is 2.65 bits per heavy atom. The van der Waals surface area contributed by atoms with Crippen LogP contribution in [0.4, 0.5) is 19.2 Å². The van der Waals surface area contributed by atoms with Crippen LogP contribution in [0.25, 0.3) is 0 Å². The summed E-state index contributed by atoms with van der Waals surface area (Å²) < 4.78 is 41.0. The van der Waals surface area contributed by atoms with Crippen molar-refractivity contribution in [2.45, 2.75) is 12.6 Å². The van der Waals surface area contributed by atoms with Gasteiger partial charge in [0.05, 0.1) is 0 Å². The predicted octanol–water partition coefficient (Wildman–Crippen LogP) is 1.07. The van der Waals surface area contributed by atoms with Crippen molar-refractivity contribution in [3.8, 4) is 12.3 Å². The van der Waals surface area contributed by atoms with Gasteiger partial charge < -0.3 is 4.42 Å². The van der Waals surface area contributed by atoms with Crippen molar-refractivity contribution in [3.63, 3.8) is 0 Å². The summed E-state index contributed by atoms with van der Waals surface area (Å²) in [5, 5.41) is 6.01. The number of hydrogen-bond donors (Lipinski definition) is 0. The predicted molar refractivity (Wildman–Crippen MR) is 48.6 cm³/mol. The molecule has 2 heterocycles. The van der Waals surface area contributed by atoms with Gasteiger partial charge in [-0.15, -0.1) is 17.4 Å². The lowest BCUT2D eigenvalue weighted by molar-refractivity contribution is -0.157. The highest BCUT2D eigenvalue weighted by atomic mass is 19.4. The highest BCUT2D eigenvalue weighted by molar-refractivity contribution is 5.94. The fourth-order valence-electron chi connectivity index (χ4n) is 1.44. The van der Waals surface area contributed by atoms with E-state index in [0.717, 1.165) is 4.90 Å². The zero-order chi connectivity index (χ0) is 12.6. The number of carbonyl (C=O) groups is 1. The highest BCUT2D eigenvalue weighted by Gasteiger charge is 2.40. The summed E-state index contributed by atoms with van der Waals surface area (Å²) in [5.41, 5.74) is 0. The molecule has 2 rings (SSSR count). The summed E-state index contributed by atoms with van der Waals surface area (Å²) in [7, 11) is 0. The van der Waals surface area contributed by atoms with Gasteiger partial charge in [-0.1, -0.05) is 5.10 Å². The minimum atomic E-state index is -4.72. The van der Waals surface area contributed by atoms with Crippen molar-refractivity contribution in [2.24, 2.45) is 5.92 Å². The summed E-state index contributed by atoms with van der Waals surface area (Å²) in [4.78, 5) is 12.4. The Labute approximate surface area is 93.6 Å². The van der Waals surface area contributed by atoms with Crippen LogP contribution in [-0.4, -0.2) is 22.6 Å². The molecule has 1 aliphatic heterocycles. The molecule has 1 saturated heterocycles. The first-order chi connectivity index (χ1) is 7.91. The molecule has 1 aromatic rings. The fraction of sp³-hybridized carbons (Fsp3) is 0.444. The molecule has 0 saturated carbocycles. The Hall–Kier alpha value is -2.04.